The minimum Gasteiger partial charge on any atom is -0.335 e. The number of thioether (sulfide) groups is 1. The summed E-state index contributed by atoms with van der Waals surface area (Å²) in [4.78, 5) is 3.13. The Morgan fingerprint density at radius 2 is 1.57 bits per heavy atom. The van der Waals surface area contributed by atoms with Gasteiger partial charge in [-0.05, 0) is 30.7 Å². The van der Waals surface area contributed by atoms with Gasteiger partial charge in [0.2, 0.25) is 5.52 Å². The molecule has 0 radical (unpaired) electrons. The summed E-state index contributed by atoms with van der Waals surface area (Å²) in [5, 5.41) is 1.92. The molecule has 3 aromatic rings. The van der Waals surface area contributed by atoms with Crippen LogP contribution in [0.15, 0.2) is 82.8 Å². The van der Waals surface area contributed by atoms with Gasteiger partial charge in [0.05, 0.1) is 22.2 Å². The smallest absolute Gasteiger partial charge is 0.265 e. The molecule has 1 aromatic heterocycles. The zero-order valence-corrected chi connectivity index (χ0v) is 23.1. The van der Waals surface area contributed by atoms with E-state index in [9.17, 15) is 16.8 Å². The molecule has 0 spiro atoms. The molecule has 0 fully saturated rings. The molecular formula is C25H27N2O6S4+. The van der Waals surface area contributed by atoms with Gasteiger partial charge in [0, 0.05) is 30.0 Å². The Hall–Kier alpha value is -2.48. The first kappa shape index (κ1) is 27.6. The van der Waals surface area contributed by atoms with Gasteiger partial charge >= 0.3 is 0 Å². The van der Waals surface area contributed by atoms with E-state index >= 15 is 0 Å². The first-order chi connectivity index (χ1) is 17.6. The van der Waals surface area contributed by atoms with Crippen LogP contribution in [0, 0.1) is 0 Å². The fourth-order valence-electron chi connectivity index (χ4n) is 3.97. The van der Waals surface area contributed by atoms with Gasteiger partial charge in [-0.3, -0.25) is 9.11 Å². The predicted molar refractivity (Wildman–Crippen MR) is 150 cm³/mol. The summed E-state index contributed by atoms with van der Waals surface area (Å²) >= 11 is 3.20. The summed E-state index contributed by atoms with van der Waals surface area (Å²) in [5.74, 6) is -0.580. The van der Waals surface area contributed by atoms with Crippen molar-refractivity contribution in [3.63, 3.8) is 0 Å². The number of hydrogen-bond donors (Lipinski definition) is 2. The van der Waals surface area contributed by atoms with Crippen LogP contribution in [0.25, 0.3) is 16.3 Å². The molecule has 8 nitrogen and oxygen atoms in total. The van der Waals surface area contributed by atoms with E-state index in [0.29, 0.717) is 25.9 Å². The van der Waals surface area contributed by atoms with Gasteiger partial charge in [-0.15, -0.1) is 0 Å². The minimum atomic E-state index is -4.01. The Morgan fingerprint density at radius 3 is 2.35 bits per heavy atom. The molecule has 0 unspecified atom stereocenters. The SMILES string of the molecule is O=S(=O)(O)CCCN1/C(=C/C=C/C=C/c2sc3ccccc3[n+]2CCCS(=O)(=O)O)Sc2ccccc21. The number of allylic oxidation sites excluding steroid dienone is 4. The Balaban J connectivity index is 1.49. The molecule has 0 amide bonds. The lowest BCUT2D eigenvalue weighted by atomic mass is 10.3. The van der Waals surface area contributed by atoms with Crippen molar-refractivity contribution in [2.75, 3.05) is 23.0 Å². The van der Waals surface area contributed by atoms with E-state index in [1.54, 1.807) is 23.1 Å². The number of para-hydroxylation sites is 2. The van der Waals surface area contributed by atoms with Crippen LogP contribution in [0.4, 0.5) is 5.69 Å². The number of fused-ring (bicyclic) bond motifs is 2. The van der Waals surface area contributed by atoms with Crippen molar-refractivity contribution < 1.29 is 30.5 Å². The zero-order chi connectivity index (χ0) is 26.5. The maximum atomic E-state index is 11.1. The second-order valence-electron chi connectivity index (χ2n) is 8.31. The number of rotatable bonds is 11. The standard InChI is InChI=1S/C25H26N2O6S4/c28-36(29,30)18-8-16-26-20-10-4-6-12-22(20)34-24(26)14-2-1-3-15-25-27(17-9-19-37(31,32)33)21-11-5-7-13-23(21)35-25/h1-7,10-15H,8-9,16-19H2,(H-,28,29,30,31,32,33)/p+1. The largest absolute Gasteiger partial charge is 0.335 e. The van der Waals surface area contributed by atoms with E-state index in [4.69, 9.17) is 9.11 Å². The number of aromatic nitrogens is 1. The predicted octanol–water partition coefficient (Wildman–Crippen LogP) is 4.77. The van der Waals surface area contributed by atoms with Gasteiger partial charge < -0.3 is 4.90 Å². The van der Waals surface area contributed by atoms with Crippen LogP contribution in [-0.4, -0.2) is 44.0 Å². The van der Waals surface area contributed by atoms with Gasteiger partial charge in [0.15, 0.2) is 6.54 Å². The van der Waals surface area contributed by atoms with Crippen LogP contribution in [0.2, 0.25) is 0 Å². The molecule has 0 aliphatic carbocycles. The second-order valence-corrected chi connectivity index (χ2v) is 13.6. The molecule has 0 bridgehead atoms. The maximum absolute atomic E-state index is 11.1. The average Bonchev–Trinajstić information content (AvgIpc) is 3.35. The highest BCUT2D eigenvalue weighted by Gasteiger charge is 2.24. The first-order valence-electron chi connectivity index (χ1n) is 11.5. The van der Waals surface area contributed by atoms with Crippen LogP contribution >= 0.6 is 23.1 Å². The third kappa shape index (κ3) is 7.76. The monoisotopic (exact) mass is 579 g/mol. The van der Waals surface area contributed by atoms with Crippen LogP contribution in [0.3, 0.4) is 0 Å². The van der Waals surface area contributed by atoms with E-state index < -0.39 is 20.2 Å². The molecule has 0 saturated heterocycles. The van der Waals surface area contributed by atoms with E-state index in [2.05, 4.69) is 0 Å². The topological polar surface area (TPSA) is 116 Å². The highest BCUT2D eigenvalue weighted by molar-refractivity contribution is 8.03. The van der Waals surface area contributed by atoms with Crippen LogP contribution < -0.4 is 9.47 Å². The van der Waals surface area contributed by atoms with E-state index in [1.165, 1.54) is 0 Å². The molecule has 12 heteroatoms. The number of hydrogen-bond acceptors (Lipinski definition) is 7. The molecule has 1 aliphatic rings. The molecule has 4 rings (SSSR count). The van der Waals surface area contributed by atoms with Gasteiger partial charge in [-0.25, -0.2) is 0 Å². The van der Waals surface area contributed by atoms with Crippen molar-refractivity contribution in [1.29, 1.82) is 0 Å². The average molecular weight is 580 g/mol. The van der Waals surface area contributed by atoms with Gasteiger partial charge in [0.25, 0.3) is 25.2 Å². The van der Waals surface area contributed by atoms with Gasteiger partial charge in [-0.1, -0.05) is 65.6 Å². The van der Waals surface area contributed by atoms with E-state index in [1.807, 2.05) is 88.4 Å². The number of anilines is 1. The third-order valence-electron chi connectivity index (χ3n) is 5.54. The molecular weight excluding hydrogens is 553 g/mol. The molecule has 2 heterocycles. The Labute approximate surface area is 225 Å². The quantitative estimate of drug-likeness (QED) is 0.190. The summed E-state index contributed by atoms with van der Waals surface area (Å²) in [6.45, 7) is 0.926. The normalized spacial score (nSPS) is 15.5. The molecule has 1 aliphatic heterocycles. The summed E-state index contributed by atoms with van der Waals surface area (Å²) in [6.07, 6.45) is 10.3. The van der Waals surface area contributed by atoms with Crippen molar-refractivity contribution in [1.82, 2.24) is 0 Å². The fourth-order valence-corrected chi connectivity index (χ4v) is 7.16. The molecule has 0 saturated carbocycles. The molecule has 2 N–H and O–H groups in total. The molecule has 0 atom stereocenters. The highest BCUT2D eigenvalue weighted by Crippen LogP contribution is 2.45. The Morgan fingerprint density at radius 1 is 0.865 bits per heavy atom. The number of benzene rings is 2. The van der Waals surface area contributed by atoms with Crippen LogP contribution in [0.5, 0.6) is 0 Å². The van der Waals surface area contributed by atoms with Crippen molar-refractivity contribution in [2.45, 2.75) is 24.3 Å². The highest BCUT2D eigenvalue weighted by atomic mass is 32.2. The lowest BCUT2D eigenvalue weighted by Gasteiger charge is -2.19. The summed E-state index contributed by atoms with van der Waals surface area (Å²) in [7, 11) is -8.01. The fraction of sp³-hybridized carbons (Fsp3) is 0.240. The third-order valence-corrected chi connectivity index (χ3v) is 9.41. The van der Waals surface area contributed by atoms with E-state index in [-0.39, 0.29) is 11.5 Å². The Kier molecular flexibility index (Phi) is 8.88. The summed E-state index contributed by atoms with van der Waals surface area (Å²) in [5.41, 5.74) is 2.02. The van der Waals surface area contributed by atoms with Crippen LogP contribution in [-0.2, 0) is 26.8 Å². The molecule has 37 heavy (non-hydrogen) atoms. The van der Waals surface area contributed by atoms with Crippen molar-refractivity contribution >= 4 is 65.3 Å². The summed E-state index contributed by atoms with van der Waals surface area (Å²) in [6, 6.07) is 15.8. The molecule has 196 valence electrons. The van der Waals surface area contributed by atoms with Crippen molar-refractivity contribution in [2.24, 2.45) is 0 Å². The minimum absolute atomic E-state index is 0.290. The van der Waals surface area contributed by atoms with E-state index in [0.717, 1.165) is 30.8 Å². The van der Waals surface area contributed by atoms with Gasteiger partial charge in [0.1, 0.15) is 4.70 Å². The lowest BCUT2D eigenvalue weighted by molar-refractivity contribution is -0.668. The Bertz CT molecular complexity index is 1570. The number of nitrogens with zero attached hydrogens (tertiary/aromatic N) is 2. The lowest BCUT2D eigenvalue weighted by Crippen LogP contribution is -2.35. The summed E-state index contributed by atoms with van der Waals surface area (Å²) < 4.78 is 65.8. The number of aryl methyl sites for hydroxylation is 1. The molecule has 2 aromatic carbocycles. The van der Waals surface area contributed by atoms with Gasteiger partial charge in [-0.2, -0.15) is 21.4 Å². The maximum Gasteiger partial charge on any atom is 0.265 e. The van der Waals surface area contributed by atoms with Crippen LogP contribution in [0.1, 0.15) is 17.8 Å². The van der Waals surface area contributed by atoms with Crippen molar-refractivity contribution in [3.8, 4) is 0 Å². The first-order valence-corrected chi connectivity index (χ1v) is 16.4. The zero-order valence-electron chi connectivity index (χ0n) is 19.8. The van der Waals surface area contributed by atoms with Crippen molar-refractivity contribution in [3.05, 3.63) is 82.9 Å². The second kappa shape index (κ2) is 11.9. The number of thiazole rings is 1.